The summed E-state index contributed by atoms with van der Waals surface area (Å²) in [6.45, 7) is 2.55. The highest BCUT2D eigenvalue weighted by Crippen LogP contribution is 2.37. The van der Waals surface area contributed by atoms with Crippen LogP contribution in [0.25, 0.3) is 0 Å². The van der Waals surface area contributed by atoms with Gasteiger partial charge < -0.3 is 11.1 Å². The van der Waals surface area contributed by atoms with Gasteiger partial charge in [0.2, 0.25) is 5.91 Å². The number of benzene rings is 1. The number of nitrogens with two attached hydrogens (primary N) is 1. The van der Waals surface area contributed by atoms with Crippen LogP contribution in [0.4, 0.5) is 5.69 Å². The molecule has 15 heavy (non-hydrogen) atoms. The van der Waals surface area contributed by atoms with E-state index >= 15 is 0 Å². The SMILES string of the molecule is Cc1cc(Br)c2c(c1)C(CN)CC(=O)N2. The average Bonchev–Trinajstić information content (AvgIpc) is 2.18. The van der Waals surface area contributed by atoms with Crippen molar-refractivity contribution in [2.24, 2.45) is 5.73 Å². The molecule has 0 bridgehead atoms. The van der Waals surface area contributed by atoms with Gasteiger partial charge in [-0.1, -0.05) is 6.07 Å². The van der Waals surface area contributed by atoms with E-state index in [9.17, 15) is 4.79 Å². The molecule has 0 saturated carbocycles. The standard InChI is InChI=1S/C11H13BrN2O/c1-6-2-8-7(5-13)4-10(15)14-11(8)9(12)3-6/h2-3,7H,4-5,13H2,1H3,(H,14,15). The summed E-state index contributed by atoms with van der Waals surface area (Å²) in [6, 6.07) is 4.09. The van der Waals surface area contributed by atoms with Crippen molar-refractivity contribution in [3.05, 3.63) is 27.7 Å². The molecule has 1 aliphatic heterocycles. The van der Waals surface area contributed by atoms with Crippen molar-refractivity contribution in [2.75, 3.05) is 11.9 Å². The van der Waals surface area contributed by atoms with Gasteiger partial charge in [0.25, 0.3) is 0 Å². The van der Waals surface area contributed by atoms with E-state index in [2.05, 4.69) is 27.3 Å². The maximum atomic E-state index is 11.4. The van der Waals surface area contributed by atoms with Crippen molar-refractivity contribution in [1.82, 2.24) is 0 Å². The van der Waals surface area contributed by atoms with Gasteiger partial charge in [0.1, 0.15) is 0 Å². The van der Waals surface area contributed by atoms with Crippen molar-refractivity contribution >= 4 is 27.5 Å². The third kappa shape index (κ3) is 1.92. The quantitative estimate of drug-likeness (QED) is 0.820. The maximum Gasteiger partial charge on any atom is 0.225 e. The van der Waals surface area contributed by atoms with Crippen LogP contribution < -0.4 is 11.1 Å². The molecule has 0 radical (unpaired) electrons. The third-order valence-corrected chi connectivity index (χ3v) is 3.31. The molecule has 1 aliphatic rings. The predicted octanol–water partition coefficient (Wildman–Crippen LogP) is 2.14. The second-order valence-corrected chi connectivity index (χ2v) is 4.75. The summed E-state index contributed by atoms with van der Waals surface area (Å²) >= 11 is 3.46. The molecule has 0 spiro atoms. The number of anilines is 1. The van der Waals surface area contributed by atoms with Gasteiger partial charge in [0, 0.05) is 16.8 Å². The van der Waals surface area contributed by atoms with E-state index in [1.54, 1.807) is 0 Å². The number of nitrogens with one attached hydrogen (secondary N) is 1. The summed E-state index contributed by atoms with van der Waals surface area (Å²) in [7, 11) is 0. The molecule has 1 aromatic rings. The van der Waals surface area contributed by atoms with Crippen LogP contribution >= 0.6 is 15.9 Å². The van der Waals surface area contributed by atoms with Gasteiger partial charge >= 0.3 is 0 Å². The van der Waals surface area contributed by atoms with Crippen LogP contribution in [0.5, 0.6) is 0 Å². The number of aryl methyl sites for hydroxylation is 1. The van der Waals surface area contributed by atoms with Gasteiger partial charge in [-0.3, -0.25) is 4.79 Å². The minimum atomic E-state index is 0.0440. The molecule has 80 valence electrons. The summed E-state index contributed by atoms with van der Waals surface area (Å²) < 4.78 is 0.934. The van der Waals surface area contributed by atoms with Crippen molar-refractivity contribution in [1.29, 1.82) is 0 Å². The first-order valence-corrected chi connectivity index (χ1v) is 5.71. The number of fused-ring (bicyclic) bond motifs is 1. The van der Waals surface area contributed by atoms with Gasteiger partial charge in [-0.15, -0.1) is 0 Å². The monoisotopic (exact) mass is 268 g/mol. The van der Waals surface area contributed by atoms with Crippen LogP contribution in [-0.4, -0.2) is 12.5 Å². The Labute approximate surface area is 97.2 Å². The Morgan fingerprint density at radius 3 is 3.00 bits per heavy atom. The molecule has 1 amide bonds. The molecular weight excluding hydrogens is 256 g/mol. The van der Waals surface area contributed by atoms with Crippen LogP contribution in [0.2, 0.25) is 0 Å². The lowest BCUT2D eigenvalue weighted by Crippen LogP contribution is -2.27. The topological polar surface area (TPSA) is 55.1 Å². The number of carbonyl (C=O) groups is 1. The molecule has 3 nitrogen and oxygen atoms in total. The highest BCUT2D eigenvalue weighted by Gasteiger charge is 2.25. The number of rotatable bonds is 1. The third-order valence-electron chi connectivity index (χ3n) is 2.69. The molecule has 0 aromatic heterocycles. The summed E-state index contributed by atoms with van der Waals surface area (Å²) in [4.78, 5) is 11.4. The van der Waals surface area contributed by atoms with E-state index in [0.29, 0.717) is 13.0 Å². The first-order chi connectivity index (χ1) is 7.11. The summed E-state index contributed by atoms with van der Waals surface area (Å²) in [5, 5.41) is 2.88. The maximum absolute atomic E-state index is 11.4. The van der Waals surface area contributed by atoms with Gasteiger partial charge in [0.15, 0.2) is 0 Å². The first-order valence-electron chi connectivity index (χ1n) is 4.91. The number of hydrogen-bond donors (Lipinski definition) is 2. The largest absolute Gasteiger partial charge is 0.330 e. The molecule has 1 aromatic carbocycles. The average molecular weight is 269 g/mol. The highest BCUT2D eigenvalue weighted by atomic mass is 79.9. The Morgan fingerprint density at radius 1 is 1.60 bits per heavy atom. The van der Waals surface area contributed by atoms with E-state index < -0.39 is 0 Å². The van der Waals surface area contributed by atoms with Gasteiger partial charge in [-0.2, -0.15) is 0 Å². The van der Waals surface area contributed by atoms with Crippen LogP contribution in [0.3, 0.4) is 0 Å². The molecular formula is C11H13BrN2O. The van der Waals surface area contributed by atoms with Crippen molar-refractivity contribution in [3.8, 4) is 0 Å². The predicted molar refractivity (Wildman–Crippen MR) is 63.9 cm³/mol. The molecule has 2 rings (SSSR count). The minimum Gasteiger partial charge on any atom is -0.330 e. The number of halogens is 1. The van der Waals surface area contributed by atoms with Crippen molar-refractivity contribution in [3.63, 3.8) is 0 Å². The molecule has 4 heteroatoms. The van der Waals surface area contributed by atoms with Crippen LogP contribution in [0.15, 0.2) is 16.6 Å². The summed E-state index contributed by atoms with van der Waals surface area (Å²) in [6.07, 6.45) is 0.486. The van der Waals surface area contributed by atoms with Crippen molar-refractivity contribution in [2.45, 2.75) is 19.3 Å². The molecule has 0 saturated heterocycles. The normalized spacial score (nSPS) is 19.7. The van der Waals surface area contributed by atoms with E-state index in [4.69, 9.17) is 5.73 Å². The Balaban J connectivity index is 2.55. The smallest absolute Gasteiger partial charge is 0.225 e. The van der Waals surface area contributed by atoms with Crippen LogP contribution in [-0.2, 0) is 4.79 Å². The van der Waals surface area contributed by atoms with E-state index in [1.165, 1.54) is 5.56 Å². The second kappa shape index (κ2) is 3.94. The molecule has 1 heterocycles. The zero-order valence-corrected chi connectivity index (χ0v) is 10.1. The molecule has 1 unspecified atom stereocenters. The first kappa shape index (κ1) is 10.6. The molecule has 0 fully saturated rings. The zero-order chi connectivity index (χ0) is 11.0. The Hall–Kier alpha value is -0.870. The van der Waals surface area contributed by atoms with E-state index in [0.717, 1.165) is 15.7 Å². The van der Waals surface area contributed by atoms with Gasteiger partial charge in [-0.25, -0.2) is 0 Å². The fraction of sp³-hybridized carbons (Fsp3) is 0.364. The van der Waals surface area contributed by atoms with E-state index in [1.807, 2.05) is 13.0 Å². The lowest BCUT2D eigenvalue weighted by Gasteiger charge is -2.26. The fourth-order valence-electron chi connectivity index (χ4n) is 1.96. The minimum absolute atomic E-state index is 0.0440. The lowest BCUT2D eigenvalue weighted by atomic mass is 9.89. The van der Waals surface area contributed by atoms with Crippen LogP contribution in [0.1, 0.15) is 23.5 Å². The molecule has 3 N–H and O–H groups in total. The lowest BCUT2D eigenvalue weighted by molar-refractivity contribution is -0.116. The zero-order valence-electron chi connectivity index (χ0n) is 8.51. The van der Waals surface area contributed by atoms with Crippen LogP contribution in [0, 0.1) is 6.92 Å². The Kier molecular flexibility index (Phi) is 2.80. The fourth-order valence-corrected chi connectivity index (χ4v) is 2.65. The molecule has 1 atom stereocenters. The summed E-state index contributed by atoms with van der Waals surface area (Å²) in [5.74, 6) is 0.187. The summed E-state index contributed by atoms with van der Waals surface area (Å²) in [5.41, 5.74) is 8.89. The van der Waals surface area contributed by atoms with Gasteiger partial charge in [-0.05, 0) is 46.6 Å². The van der Waals surface area contributed by atoms with Crippen molar-refractivity contribution < 1.29 is 4.79 Å². The Bertz CT molecular complexity index is 417. The second-order valence-electron chi connectivity index (χ2n) is 3.90. The Morgan fingerprint density at radius 2 is 2.33 bits per heavy atom. The number of hydrogen-bond acceptors (Lipinski definition) is 2. The number of amides is 1. The highest BCUT2D eigenvalue weighted by molar-refractivity contribution is 9.10. The number of carbonyl (C=O) groups excluding carboxylic acids is 1. The van der Waals surface area contributed by atoms with Gasteiger partial charge in [0.05, 0.1) is 5.69 Å². The molecule has 0 aliphatic carbocycles. The van der Waals surface area contributed by atoms with E-state index in [-0.39, 0.29) is 11.8 Å².